The molecule has 40 nitrogen and oxygen atoms in total. The number of aromatic nitrogens is 28. The molecule has 24 aromatic heterocycles. The topological polar surface area (TPSA) is 553 Å². The lowest BCUT2D eigenvalue weighted by atomic mass is 9.95. The highest BCUT2D eigenvalue weighted by Gasteiger charge is 2.27. The van der Waals surface area contributed by atoms with Crippen LogP contribution in [0.1, 0.15) is 50.5 Å². The number of amides is 4. The molecule has 0 radical (unpaired) electrons. The quantitative estimate of drug-likeness (QED) is 0.0337. The van der Waals surface area contributed by atoms with Gasteiger partial charge in [0, 0.05) is 180 Å². The van der Waals surface area contributed by atoms with E-state index in [9.17, 15) is 19.2 Å². The van der Waals surface area contributed by atoms with Gasteiger partial charge in [-0.1, -0.05) is 83.1 Å². The molecule has 12 N–H and O–H groups in total. The van der Waals surface area contributed by atoms with Crippen LogP contribution in [0.3, 0.4) is 0 Å². The molecule has 2 aromatic carbocycles. The molecule has 26 rings (SSSR count). The number of nitrogens with one attached hydrogen (secondary N) is 12. The Balaban J connectivity index is 0.000000109. The van der Waals surface area contributed by atoms with Crippen LogP contribution in [-0.4, -0.2) is 164 Å². The maximum absolute atomic E-state index is 12.6. The van der Waals surface area contributed by atoms with Gasteiger partial charge in [0.2, 0.25) is 17.7 Å². The molecule has 0 aliphatic heterocycles. The summed E-state index contributed by atoms with van der Waals surface area (Å²) in [6.45, 7) is 9.28. The summed E-state index contributed by atoms with van der Waals surface area (Å²) < 4.78 is 21.0. The first-order valence-corrected chi connectivity index (χ1v) is 46.3. The fourth-order valence-corrected chi connectivity index (χ4v) is 16.7. The standard InChI is InChI=1S/C29H20N8O2.C28H18N8O2.C26H22N8O2.C25H20N8O2/c38-25(8-17-4-2-1-3-5-17)33-21-9-19(11-30-13-21)20-10-22-27(36-37-28(22)32-12-20)29-34-24-15-31-14-23(26(24)35-29)18-6-7-39-16-18;37-28(16-4-2-1-3-5-16)32-20-8-18(10-29-12-20)19-9-21-25(35-36-26(21)31-11-19)27-33-23-14-30-13-22(24(23)34-27)17-6-7-38-15-17;1-26(2,3)25(35)30-17-6-15(8-27-10-17)16-7-18-22(33-34-23(18)29-9-16)24-31-20-12-28-11-19(21(20)32-24)14-4-5-36-13-14;1-13(2)25(34)29-17-5-15(7-26-9-17)16-6-18-22(32-33-23(18)28-8-16)24-30-20-11-27-10-19(21(20)31-24)14-3-4-35-12-14/h1-7,9-16H,8H2,(H,33,38)(H,34,35)(H,32,36,37);1-15H,(H,32,37)(H,33,34)(H,31,35,36);4-13H,1-3H3,(H,30,35)(H,31,32)(H,29,33,34);3-13H,1-2H3,(H,29,34)(H,30,31)(H,28,32,33). The molecule has 4 amide bonds. The van der Waals surface area contributed by atoms with Crippen molar-refractivity contribution >= 4 is 135 Å². The molecule has 0 bridgehead atoms. The number of carbonyl (C=O) groups excluding carboxylic acids is 4. The summed E-state index contributed by atoms with van der Waals surface area (Å²) in [7, 11) is 0. The van der Waals surface area contributed by atoms with Crippen molar-refractivity contribution in [3.63, 3.8) is 0 Å². The Bertz CT molecular complexity index is 9420. The van der Waals surface area contributed by atoms with E-state index in [0.717, 1.165) is 160 Å². The number of nitrogens with zero attached hydrogens (tertiary/aromatic N) is 20. The number of carbonyl (C=O) groups is 4. The second-order valence-corrected chi connectivity index (χ2v) is 35.7. The Labute approximate surface area is 834 Å². The van der Waals surface area contributed by atoms with Gasteiger partial charge < -0.3 is 58.9 Å². The van der Waals surface area contributed by atoms with Gasteiger partial charge in [-0.15, -0.1) is 0 Å². The molecule has 0 aliphatic carbocycles. The third-order valence-corrected chi connectivity index (χ3v) is 24.3. The van der Waals surface area contributed by atoms with E-state index in [1.165, 1.54) is 0 Å². The Morgan fingerprint density at radius 2 is 0.676 bits per heavy atom. The fourth-order valence-electron chi connectivity index (χ4n) is 16.7. The van der Waals surface area contributed by atoms with Gasteiger partial charge in [0.15, 0.2) is 45.9 Å². The van der Waals surface area contributed by atoms with Crippen LogP contribution in [0.2, 0.25) is 0 Å². The minimum Gasteiger partial charge on any atom is -0.472 e. The molecular weight excluding hydrogens is 1870 g/mol. The second kappa shape index (κ2) is 38.9. The number of aromatic amines is 8. The highest BCUT2D eigenvalue weighted by atomic mass is 16.3. The van der Waals surface area contributed by atoms with E-state index in [0.29, 0.717) is 97.0 Å². The van der Waals surface area contributed by atoms with Gasteiger partial charge in [0.1, 0.15) is 44.8 Å². The van der Waals surface area contributed by atoms with Crippen molar-refractivity contribution in [2.75, 3.05) is 21.3 Å². The van der Waals surface area contributed by atoms with Gasteiger partial charge in [0.25, 0.3) is 5.91 Å². The van der Waals surface area contributed by atoms with E-state index in [-0.39, 0.29) is 36.0 Å². The fraction of sp³-hybridized carbons (Fsp3) is 0.0741. The van der Waals surface area contributed by atoms with E-state index in [1.54, 1.807) is 186 Å². The Morgan fingerprint density at radius 1 is 0.331 bits per heavy atom. The van der Waals surface area contributed by atoms with Crippen molar-refractivity contribution in [3.05, 3.63) is 319 Å². The number of pyridine rings is 12. The maximum Gasteiger partial charge on any atom is 0.255 e. The minimum atomic E-state index is -0.512. The van der Waals surface area contributed by atoms with E-state index in [1.807, 2.05) is 156 Å². The molecule has 720 valence electrons. The first kappa shape index (κ1) is 90.8. The predicted molar refractivity (Wildman–Crippen MR) is 556 cm³/mol. The van der Waals surface area contributed by atoms with E-state index >= 15 is 0 Å². The van der Waals surface area contributed by atoms with Crippen molar-refractivity contribution in [2.24, 2.45) is 11.3 Å². The van der Waals surface area contributed by atoms with Crippen LogP contribution in [0.4, 0.5) is 22.7 Å². The number of H-pyrrole nitrogens is 8. The summed E-state index contributed by atoms with van der Waals surface area (Å²) in [5.74, 6) is 1.85. The molecule has 0 unspecified atom stereocenters. The van der Waals surface area contributed by atoms with Gasteiger partial charge in [-0.3, -0.25) is 79.4 Å². The summed E-state index contributed by atoms with van der Waals surface area (Å²) >= 11 is 0. The second-order valence-electron chi connectivity index (χ2n) is 35.7. The van der Waals surface area contributed by atoms with Gasteiger partial charge >= 0.3 is 0 Å². The van der Waals surface area contributed by atoms with Crippen LogP contribution in [0.25, 0.3) is 223 Å². The van der Waals surface area contributed by atoms with Gasteiger partial charge in [0.05, 0.1) is 172 Å². The highest BCUT2D eigenvalue weighted by molar-refractivity contribution is 6.06. The zero-order valence-corrected chi connectivity index (χ0v) is 78.9. The monoisotopic (exact) mass is 1950 g/mol. The van der Waals surface area contributed by atoms with Crippen LogP contribution in [-0.2, 0) is 20.8 Å². The van der Waals surface area contributed by atoms with Crippen LogP contribution >= 0.6 is 0 Å². The molecule has 0 aliphatic rings. The van der Waals surface area contributed by atoms with Gasteiger partial charge in [-0.2, -0.15) is 20.4 Å². The van der Waals surface area contributed by atoms with Crippen LogP contribution < -0.4 is 21.3 Å². The number of hydrogen-bond donors (Lipinski definition) is 12. The zero-order chi connectivity index (χ0) is 100. The molecule has 0 atom stereocenters. The number of rotatable bonds is 20. The number of imidazole rings is 4. The molecule has 26 aromatic rings. The molecule has 0 saturated heterocycles. The summed E-state index contributed by atoms with van der Waals surface area (Å²) in [6, 6.07) is 41.5. The SMILES string of the molecule is CC(C)(C)C(=O)Nc1cncc(-c2cnc3n[nH]c(-c4nc5c(-c6ccoc6)cncc5[nH]4)c3c2)c1.CC(C)C(=O)Nc1cncc(-c2cnc3n[nH]c(-c4nc5c(-c6ccoc6)cncc5[nH]4)c3c2)c1.O=C(Cc1ccccc1)Nc1cncc(-c2cnc3n[nH]c(-c4nc5c(-c6ccoc6)cncc5[nH]4)c3c2)c1.O=C(Nc1cncc(-c2cnc3[nH]nc(-c4nc5c(-c6ccoc6)cncc5[nH]4)c3c2)c1)c1ccccc1. The molecular formula is C108H80N32O8. The van der Waals surface area contributed by atoms with Gasteiger partial charge in [-0.05, 0) is 90.5 Å². The molecule has 0 spiro atoms. The third kappa shape index (κ3) is 18.7. The summed E-state index contributed by atoms with van der Waals surface area (Å²) in [4.78, 5) is 135. The van der Waals surface area contributed by atoms with Crippen molar-refractivity contribution in [3.8, 4) is 135 Å². The van der Waals surface area contributed by atoms with E-state index < -0.39 is 5.41 Å². The highest BCUT2D eigenvalue weighted by Crippen LogP contribution is 2.40. The average Bonchev–Trinajstić information content (AvgIpc) is 1.63. The molecule has 24 heterocycles. The zero-order valence-electron chi connectivity index (χ0n) is 78.9. The Morgan fingerprint density at radius 3 is 1.06 bits per heavy atom. The lowest BCUT2D eigenvalue weighted by molar-refractivity contribution is -0.123. The van der Waals surface area contributed by atoms with E-state index in [4.69, 9.17) is 37.6 Å². The largest absolute Gasteiger partial charge is 0.472 e. The summed E-state index contributed by atoms with van der Waals surface area (Å²) in [6.07, 6.45) is 47.8. The van der Waals surface area contributed by atoms with Crippen molar-refractivity contribution < 1.29 is 36.8 Å². The number of anilines is 4. The van der Waals surface area contributed by atoms with Crippen molar-refractivity contribution in [1.82, 2.24) is 140 Å². The molecule has 148 heavy (non-hydrogen) atoms. The smallest absolute Gasteiger partial charge is 0.255 e. The van der Waals surface area contributed by atoms with E-state index in [2.05, 4.69) is 142 Å². The lowest BCUT2D eigenvalue weighted by Gasteiger charge is -2.17. The normalized spacial score (nSPS) is 11.5. The number of benzene rings is 2. The van der Waals surface area contributed by atoms with Crippen LogP contribution in [0.5, 0.6) is 0 Å². The van der Waals surface area contributed by atoms with Gasteiger partial charge in [-0.25, -0.2) is 39.9 Å². The molecule has 0 fully saturated rings. The summed E-state index contributed by atoms with van der Waals surface area (Å²) in [5.41, 5.74) is 28.4. The minimum absolute atomic E-state index is 0.0659. The first-order valence-electron chi connectivity index (χ1n) is 46.3. The first-order chi connectivity index (χ1) is 72.4. The average molecular weight is 1950 g/mol. The number of furan rings is 4. The van der Waals surface area contributed by atoms with Crippen molar-refractivity contribution in [1.29, 1.82) is 0 Å². The van der Waals surface area contributed by atoms with Crippen molar-refractivity contribution in [2.45, 2.75) is 41.0 Å². The Kier molecular flexibility index (Phi) is 23.9. The van der Waals surface area contributed by atoms with Crippen LogP contribution in [0, 0.1) is 11.3 Å². The number of hydrogen-bond acceptors (Lipinski definition) is 28. The molecule has 40 heteroatoms. The summed E-state index contributed by atoms with van der Waals surface area (Å²) in [5, 5.41) is 44.6. The molecule has 0 saturated carbocycles. The predicted octanol–water partition coefficient (Wildman–Crippen LogP) is 20.9. The third-order valence-electron chi connectivity index (χ3n) is 24.3. The lowest BCUT2D eigenvalue weighted by Crippen LogP contribution is -2.27. The van der Waals surface area contributed by atoms with Crippen LogP contribution in [0.15, 0.2) is 325 Å². The Hall–Kier alpha value is -21.0. The maximum atomic E-state index is 12.6. The number of fused-ring (bicyclic) bond motifs is 8.